The highest BCUT2D eigenvalue weighted by molar-refractivity contribution is 6.50. The summed E-state index contributed by atoms with van der Waals surface area (Å²) in [4.78, 5) is 43.0. The molecular formula is C25H26N2O6. The number of Topliss-reactive ketones (excluding diaryl/α,β-unsaturated/α-hetero) is 1. The van der Waals surface area contributed by atoms with E-state index in [1.807, 2.05) is 6.92 Å². The van der Waals surface area contributed by atoms with Gasteiger partial charge in [0.2, 0.25) is 0 Å². The monoisotopic (exact) mass is 450 g/mol. The van der Waals surface area contributed by atoms with E-state index in [0.29, 0.717) is 42.2 Å². The number of benzene rings is 2. The first-order valence-corrected chi connectivity index (χ1v) is 10.8. The zero-order valence-electron chi connectivity index (χ0n) is 18.8. The van der Waals surface area contributed by atoms with Crippen LogP contribution in [-0.2, 0) is 24.7 Å². The third-order valence-electron chi connectivity index (χ3n) is 6.11. The van der Waals surface area contributed by atoms with Gasteiger partial charge < -0.3 is 24.4 Å². The number of aliphatic hydroxyl groups is 1. The quantitative estimate of drug-likeness (QED) is 0.302. The van der Waals surface area contributed by atoms with Crippen LogP contribution in [0, 0.1) is 0 Å². The number of amides is 2. The van der Waals surface area contributed by atoms with E-state index in [1.54, 1.807) is 62.7 Å². The molecule has 1 spiro atoms. The number of carbonyl (C=O) groups is 3. The second-order valence-corrected chi connectivity index (χ2v) is 7.90. The van der Waals surface area contributed by atoms with E-state index in [1.165, 1.54) is 9.80 Å². The first-order chi connectivity index (χ1) is 15.9. The molecule has 2 amide bonds. The number of ketones is 1. The summed E-state index contributed by atoms with van der Waals surface area (Å²) >= 11 is 0. The summed E-state index contributed by atoms with van der Waals surface area (Å²) in [6.07, 6.45) is 0.424. The van der Waals surface area contributed by atoms with Crippen LogP contribution in [0.4, 0.5) is 5.69 Å². The molecule has 172 valence electrons. The zero-order chi connectivity index (χ0) is 23.8. The van der Waals surface area contributed by atoms with Crippen molar-refractivity contribution in [2.24, 2.45) is 0 Å². The van der Waals surface area contributed by atoms with E-state index in [-0.39, 0.29) is 12.1 Å². The highest BCUT2D eigenvalue weighted by Crippen LogP contribution is 2.53. The predicted octanol–water partition coefficient (Wildman–Crippen LogP) is 2.67. The molecule has 1 atom stereocenters. The Morgan fingerprint density at radius 3 is 2.42 bits per heavy atom. The number of nitrogens with zero attached hydrogens (tertiary/aromatic N) is 2. The van der Waals surface area contributed by atoms with Crippen molar-refractivity contribution in [2.45, 2.75) is 18.9 Å². The molecule has 2 heterocycles. The van der Waals surface area contributed by atoms with Crippen molar-refractivity contribution >= 4 is 29.0 Å². The Hall–Kier alpha value is -3.65. The lowest BCUT2D eigenvalue weighted by Gasteiger charge is -2.34. The van der Waals surface area contributed by atoms with Crippen LogP contribution in [0.5, 0.6) is 5.75 Å². The largest absolute Gasteiger partial charge is 0.507 e. The van der Waals surface area contributed by atoms with E-state index in [9.17, 15) is 19.5 Å². The van der Waals surface area contributed by atoms with E-state index < -0.39 is 28.9 Å². The Morgan fingerprint density at radius 2 is 1.76 bits per heavy atom. The maximum absolute atomic E-state index is 13.8. The molecule has 2 aromatic carbocycles. The molecule has 8 nitrogen and oxygen atoms in total. The molecule has 0 bridgehead atoms. The van der Waals surface area contributed by atoms with Crippen molar-refractivity contribution in [1.82, 2.24) is 4.90 Å². The Morgan fingerprint density at radius 1 is 1.06 bits per heavy atom. The van der Waals surface area contributed by atoms with Gasteiger partial charge in [-0.3, -0.25) is 14.4 Å². The number of likely N-dealkylation sites (N-methyl/N-ethyl adjacent to an activating group) is 1. The number of likely N-dealkylation sites (tertiary alicyclic amines) is 1. The molecule has 8 heteroatoms. The minimum atomic E-state index is -1.74. The highest BCUT2D eigenvalue weighted by Gasteiger charge is 2.66. The minimum Gasteiger partial charge on any atom is -0.507 e. The average Bonchev–Trinajstić information content (AvgIpc) is 3.18. The number of hydrogen-bond donors (Lipinski definition) is 1. The van der Waals surface area contributed by atoms with Crippen LogP contribution < -0.4 is 9.64 Å². The van der Waals surface area contributed by atoms with E-state index >= 15 is 0 Å². The van der Waals surface area contributed by atoms with Gasteiger partial charge in [0, 0.05) is 44.1 Å². The van der Waals surface area contributed by atoms with Crippen LogP contribution in [-0.4, -0.2) is 61.5 Å². The van der Waals surface area contributed by atoms with Gasteiger partial charge in [0.05, 0.1) is 12.2 Å². The van der Waals surface area contributed by atoms with Crippen LogP contribution in [0.1, 0.15) is 24.5 Å². The van der Waals surface area contributed by atoms with Crippen LogP contribution in [0.25, 0.3) is 5.76 Å². The number of rotatable bonds is 7. The third-order valence-corrected chi connectivity index (χ3v) is 6.11. The molecular weight excluding hydrogens is 424 g/mol. The summed E-state index contributed by atoms with van der Waals surface area (Å²) < 4.78 is 10.6. The van der Waals surface area contributed by atoms with Crippen LogP contribution >= 0.6 is 0 Å². The molecule has 2 aliphatic heterocycles. The molecule has 33 heavy (non-hydrogen) atoms. The van der Waals surface area contributed by atoms with Crippen LogP contribution in [0.3, 0.4) is 0 Å². The number of carbonyl (C=O) groups excluding carboxylic acids is 3. The Balaban J connectivity index is 1.95. The number of aliphatic hydroxyl groups excluding tert-OH is 1. The summed E-state index contributed by atoms with van der Waals surface area (Å²) in [7, 11) is 3.14. The van der Waals surface area contributed by atoms with Gasteiger partial charge in [0.1, 0.15) is 11.5 Å². The van der Waals surface area contributed by atoms with Gasteiger partial charge in [-0.15, -0.1) is 0 Å². The zero-order valence-corrected chi connectivity index (χ0v) is 18.8. The summed E-state index contributed by atoms with van der Waals surface area (Å²) in [5, 5.41) is 11.3. The summed E-state index contributed by atoms with van der Waals surface area (Å²) in [6.45, 7) is 2.81. The van der Waals surface area contributed by atoms with E-state index in [4.69, 9.17) is 9.47 Å². The second kappa shape index (κ2) is 8.71. The number of hydrogen-bond acceptors (Lipinski definition) is 6. The minimum absolute atomic E-state index is 0.117. The second-order valence-electron chi connectivity index (χ2n) is 7.90. The van der Waals surface area contributed by atoms with Crippen LogP contribution in [0.2, 0.25) is 0 Å². The van der Waals surface area contributed by atoms with Gasteiger partial charge >= 0.3 is 0 Å². The molecule has 2 aliphatic rings. The normalized spacial score (nSPS) is 21.2. The maximum Gasteiger partial charge on any atom is 0.296 e. The molecule has 0 unspecified atom stereocenters. The van der Waals surface area contributed by atoms with Gasteiger partial charge in [-0.25, -0.2) is 0 Å². The molecule has 1 N–H and O–H groups in total. The summed E-state index contributed by atoms with van der Waals surface area (Å²) in [6, 6.07) is 13.5. The SMILES string of the molecule is CCOc1ccc(C(O)=C2C(=O)C(=O)N(CCCOC)[C@]23C(=O)N(C)c2ccccc23)cc1. The fraction of sp³-hybridized carbons (Fsp3) is 0.320. The molecule has 2 aromatic rings. The van der Waals surface area contributed by atoms with Gasteiger partial charge in [-0.05, 0) is 43.7 Å². The lowest BCUT2D eigenvalue weighted by molar-refractivity contribution is -0.143. The molecule has 0 aromatic heterocycles. The van der Waals surface area contributed by atoms with Crippen LogP contribution in [0.15, 0.2) is 54.1 Å². The first kappa shape index (κ1) is 22.5. The smallest absolute Gasteiger partial charge is 0.296 e. The lowest BCUT2D eigenvalue weighted by atomic mass is 9.82. The third kappa shape index (κ3) is 3.29. The van der Waals surface area contributed by atoms with Gasteiger partial charge in [-0.2, -0.15) is 0 Å². The standard InChI is InChI=1S/C25H26N2O6/c1-4-33-17-12-10-16(11-13-17)21(28)20-22(29)23(30)27(14-7-15-32-3)25(20)18-8-5-6-9-19(18)26(2)24(25)31/h5-6,8-13,28H,4,7,14-15H2,1-3H3/t25-/m0/s1. The van der Waals surface area contributed by atoms with Crippen molar-refractivity contribution in [3.05, 3.63) is 65.2 Å². The number of methoxy groups -OCH3 is 1. The Bertz CT molecular complexity index is 1140. The summed E-state index contributed by atoms with van der Waals surface area (Å²) in [5.41, 5.74) is -0.584. The molecule has 1 saturated heterocycles. The first-order valence-electron chi connectivity index (χ1n) is 10.8. The molecule has 0 radical (unpaired) electrons. The van der Waals surface area contributed by atoms with Gasteiger partial charge in [0.25, 0.3) is 17.6 Å². The van der Waals surface area contributed by atoms with Crippen molar-refractivity contribution in [2.75, 3.05) is 38.8 Å². The fourth-order valence-electron chi connectivity index (χ4n) is 4.66. The van der Waals surface area contributed by atoms with Gasteiger partial charge in [-0.1, -0.05) is 18.2 Å². The van der Waals surface area contributed by atoms with E-state index in [2.05, 4.69) is 0 Å². The Kier molecular flexibility index (Phi) is 5.95. The molecule has 0 saturated carbocycles. The molecule has 4 rings (SSSR count). The maximum atomic E-state index is 13.8. The number of fused-ring (bicyclic) bond motifs is 2. The topological polar surface area (TPSA) is 96.4 Å². The van der Waals surface area contributed by atoms with Crippen molar-refractivity contribution in [3.63, 3.8) is 0 Å². The predicted molar refractivity (Wildman–Crippen MR) is 122 cm³/mol. The average molecular weight is 450 g/mol. The highest BCUT2D eigenvalue weighted by atomic mass is 16.5. The number of ether oxygens (including phenoxy) is 2. The number of para-hydroxylation sites is 1. The fourth-order valence-corrected chi connectivity index (χ4v) is 4.66. The van der Waals surface area contributed by atoms with Crippen molar-refractivity contribution < 1.29 is 29.0 Å². The van der Waals surface area contributed by atoms with Crippen molar-refractivity contribution in [1.29, 1.82) is 0 Å². The van der Waals surface area contributed by atoms with Crippen molar-refractivity contribution in [3.8, 4) is 5.75 Å². The lowest BCUT2D eigenvalue weighted by Crippen LogP contribution is -2.51. The Labute approximate surface area is 192 Å². The summed E-state index contributed by atoms with van der Waals surface area (Å²) in [5.74, 6) is -1.98. The molecule has 1 fully saturated rings. The van der Waals surface area contributed by atoms with E-state index in [0.717, 1.165) is 0 Å². The molecule has 0 aliphatic carbocycles. The number of anilines is 1. The van der Waals surface area contributed by atoms with Gasteiger partial charge in [0.15, 0.2) is 5.54 Å².